The van der Waals surface area contributed by atoms with Crippen LogP contribution >= 0.6 is 0 Å². The number of carbonyl (C=O) groups is 1. The van der Waals surface area contributed by atoms with Gasteiger partial charge < -0.3 is 5.32 Å². The van der Waals surface area contributed by atoms with Crippen molar-refractivity contribution in [2.45, 2.75) is 13.0 Å². The second-order valence-electron chi connectivity index (χ2n) is 3.88. The van der Waals surface area contributed by atoms with Crippen molar-refractivity contribution in [3.63, 3.8) is 0 Å². The van der Waals surface area contributed by atoms with Crippen molar-refractivity contribution in [3.05, 3.63) is 54.9 Å². The van der Waals surface area contributed by atoms with Crippen LogP contribution in [0.15, 0.2) is 49.3 Å². The van der Waals surface area contributed by atoms with Crippen molar-refractivity contribution in [2.24, 2.45) is 0 Å². The van der Waals surface area contributed by atoms with Gasteiger partial charge in [0.2, 0.25) is 5.91 Å². The van der Waals surface area contributed by atoms with Crippen LogP contribution in [0.2, 0.25) is 0 Å². The predicted molar refractivity (Wildman–Crippen MR) is 68.5 cm³/mol. The standard InChI is InChI=1S/C14H14N2O/c1-3-14(17)16-10(2)12-6-4-5-11-9-15-8-7-13(11)12/h3-10H,1H2,2H3,(H,16,17)/t10-/m1/s1. The molecule has 0 aliphatic carbocycles. The molecule has 0 aliphatic heterocycles. The molecule has 17 heavy (non-hydrogen) atoms. The first-order chi connectivity index (χ1) is 8.22. The molecule has 2 rings (SSSR count). The summed E-state index contributed by atoms with van der Waals surface area (Å²) in [5.74, 6) is -0.163. The van der Waals surface area contributed by atoms with Gasteiger partial charge in [-0.2, -0.15) is 0 Å². The first-order valence-corrected chi connectivity index (χ1v) is 5.48. The first-order valence-electron chi connectivity index (χ1n) is 5.48. The van der Waals surface area contributed by atoms with Gasteiger partial charge in [-0.3, -0.25) is 9.78 Å². The van der Waals surface area contributed by atoms with Gasteiger partial charge in [0.25, 0.3) is 0 Å². The molecule has 86 valence electrons. The average Bonchev–Trinajstić information content (AvgIpc) is 2.37. The molecule has 1 aromatic heterocycles. The maximum Gasteiger partial charge on any atom is 0.243 e. The fraction of sp³-hybridized carbons (Fsp3) is 0.143. The van der Waals surface area contributed by atoms with Gasteiger partial charge in [-0.05, 0) is 30.0 Å². The van der Waals surface area contributed by atoms with E-state index in [1.807, 2.05) is 37.4 Å². The molecule has 1 atom stereocenters. The fourth-order valence-corrected chi connectivity index (χ4v) is 1.88. The Hall–Kier alpha value is -2.16. The third-order valence-electron chi connectivity index (χ3n) is 2.73. The molecule has 3 nitrogen and oxygen atoms in total. The SMILES string of the molecule is C=CC(=O)N[C@H](C)c1cccc2cnccc12. The quantitative estimate of drug-likeness (QED) is 0.817. The lowest BCUT2D eigenvalue weighted by molar-refractivity contribution is -0.117. The summed E-state index contributed by atoms with van der Waals surface area (Å²) in [6.45, 7) is 5.40. The van der Waals surface area contributed by atoms with Crippen LogP contribution in [-0.2, 0) is 4.79 Å². The lowest BCUT2D eigenvalue weighted by atomic mass is 10.0. The average molecular weight is 226 g/mol. The number of fused-ring (bicyclic) bond motifs is 1. The fourth-order valence-electron chi connectivity index (χ4n) is 1.88. The Kier molecular flexibility index (Phi) is 3.19. The van der Waals surface area contributed by atoms with Gasteiger partial charge in [-0.15, -0.1) is 0 Å². The van der Waals surface area contributed by atoms with Crippen LogP contribution < -0.4 is 5.32 Å². The molecule has 0 aliphatic rings. The predicted octanol–water partition coefficient (Wildman–Crippen LogP) is 2.60. The van der Waals surface area contributed by atoms with E-state index in [2.05, 4.69) is 16.9 Å². The smallest absolute Gasteiger partial charge is 0.243 e. The van der Waals surface area contributed by atoms with E-state index in [4.69, 9.17) is 0 Å². The van der Waals surface area contributed by atoms with Crippen LogP contribution in [0.1, 0.15) is 18.5 Å². The van der Waals surface area contributed by atoms with Crippen molar-refractivity contribution in [1.29, 1.82) is 0 Å². The Morgan fingerprint density at radius 3 is 3.06 bits per heavy atom. The maximum atomic E-state index is 11.3. The van der Waals surface area contributed by atoms with Crippen LogP contribution in [0, 0.1) is 0 Å². The largest absolute Gasteiger partial charge is 0.346 e. The van der Waals surface area contributed by atoms with E-state index in [-0.39, 0.29) is 11.9 Å². The van der Waals surface area contributed by atoms with E-state index >= 15 is 0 Å². The number of rotatable bonds is 3. The van der Waals surface area contributed by atoms with Gasteiger partial charge in [-0.1, -0.05) is 24.8 Å². The van der Waals surface area contributed by atoms with Crippen molar-refractivity contribution in [2.75, 3.05) is 0 Å². The van der Waals surface area contributed by atoms with Crippen LogP contribution in [0.5, 0.6) is 0 Å². The van der Waals surface area contributed by atoms with Gasteiger partial charge in [0.05, 0.1) is 6.04 Å². The number of amides is 1. The van der Waals surface area contributed by atoms with E-state index in [1.165, 1.54) is 6.08 Å². The molecule has 0 saturated heterocycles. The summed E-state index contributed by atoms with van der Waals surface area (Å²) < 4.78 is 0. The summed E-state index contributed by atoms with van der Waals surface area (Å²) in [7, 11) is 0. The molecule has 1 aromatic carbocycles. The van der Waals surface area contributed by atoms with E-state index in [1.54, 1.807) is 6.20 Å². The molecule has 0 bridgehead atoms. The van der Waals surface area contributed by atoms with Gasteiger partial charge >= 0.3 is 0 Å². The van der Waals surface area contributed by atoms with E-state index < -0.39 is 0 Å². The van der Waals surface area contributed by atoms with Crippen molar-refractivity contribution < 1.29 is 4.79 Å². The Labute approximate surface area is 100 Å². The topological polar surface area (TPSA) is 42.0 Å². The van der Waals surface area contributed by atoms with E-state index in [9.17, 15) is 4.79 Å². The van der Waals surface area contributed by atoms with Crippen molar-refractivity contribution in [1.82, 2.24) is 10.3 Å². The third-order valence-corrected chi connectivity index (χ3v) is 2.73. The Morgan fingerprint density at radius 2 is 2.29 bits per heavy atom. The number of hydrogen-bond donors (Lipinski definition) is 1. The zero-order valence-corrected chi connectivity index (χ0v) is 9.68. The number of carbonyl (C=O) groups excluding carboxylic acids is 1. The zero-order chi connectivity index (χ0) is 12.3. The summed E-state index contributed by atoms with van der Waals surface area (Å²) in [6, 6.07) is 7.90. The minimum absolute atomic E-state index is 0.0494. The summed E-state index contributed by atoms with van der Waals surface area (Å²) in [5.41, 5.74) is 1.08. The van der Waals surface area contributed by atoms with Gasteiger partial charge in [0.15, 0.2) is 0 Å². The molecule has 2 aromatic rings. The van der Waals surface area contributed by atoms with Gasteiger partial charge in [0, 0.05) is 17.8 Å². The number of aromatic nitrogens is 1. The number of pyridine rings is 1. The van der Waals surface area contributed by atoms with Gasteiger partial charge in [-0.25, -0.2) is 0 Å². The van der Waals surface area contributed by atoms with Gasteiger partial charge in [0.1, 0.15) is 0 Å². The molecule has 0 spiro atoms. The highest BCUT2D eigenvalue weighted by Crippen LogP contribution is 2.23. The monoisotopic (exact) mass is 226 g/mol. The summed E-state index contributed by atoms with van der Waals surface area (Å²) in [5, 5.41) is 5.04. The van der Waals surface area contributed by atoms with Crippen molar-refractivity contribution >= 4 is 16.7 Å². The highest BCUT2D eigenvalue weighted by molar-refractivity contribution is 5.89. The molecular weight excluding hydrogens is 212 g/mol. The number of benzene rings is 1. The Bertz CT molecular complexity index is 558. The highest BCUT2D eigenvalue weighted by atomic mass is 16.1. The molecular formula is C14H14N2O. The highest BCUT2D eigenvalue weighted by Gasteiger charge is 2.10. The lowest BCUT2D eigenvalue weighted by Crippen LogP contribution is -2.24. The summed E-state index contributed by atoms with van der Waals surface area (Å²) >= 11 is 0. The van der Waals surface area contributed by atoms with Crippen molar-refractivity contribution in [3.8, 4) is 0 Å². The molecule has 0 radical (unpaired) electrons. The molecule has 3 heteroatoms. The minimum atomic E-state index is -0.163. The normalized spacial score (nSPS) is 12.1. The minimum Gasteiger partial charge on any atom is -0.346 e. The molecule has 1 amide bonds. The van der Waals surface area contributed by atoms with Crippen LogP contribution in [-0.4, -0.2) is 10.9 Å². The molecule has 0 fully saturated rings. The summed E-state index contributed by atoms with van der Waals surface area (Å²) in [4.78, 5) is 15.4. The van der Waals surface area contributed by atoms with E-state index in [0.29, 0.717) is 0 Å². The third kappa shape index (κ3) is 2.33. The number of nitrogens with zero attached hydrogens (tertiary/aromatic N) is 1. The van der Waals surface area contributed by atoms with Crippen LogP contribution in [0.4, 0.5) is 0 Å². The Morgan fingerprint density at radius 1 is 1.47 bits per heavy atom. The number of nitrogens with one attached hydrogen (secondary N) is 1. The molecule has 1 N–H and O–H groups in total. The molecule has 0 saturated carbocycles. The second kappa shape index (κ2) is 4.78. The van der Waals surface area contributed by atoms with E-state index in [0.717, 1.165) is 16.3 Å². The first kappa shape index (κ1) is 11.3. The second-order valence-corrected chi connectivity index (χ2v) is 3.88. The molecule has 1 heterocycles. The lowest BCUT2D eigenvalue weighted by Gasteiger charge is -2.15. The Balaban J connectivity index is 2.41. The zero-order valence-electron chi connectivity index (χ0n) is 9.68. The maximum absolute atomic E-state index is 11.3. The van der Waals surface area contributed by atoms with Crippen LogP contribution in [0.3, 0.4) is 0 Å². The van der Waals surface area contributed by atoms with Crippen LogP contribution in [0.25, 0.3) is 10.8 Å². The number of hydrogen-bond acceptors (Lipinski definition) is 2. The summed E-state index contributed by atoms with van der Waals surface area (Å²) in [6.07, 6.45) is 4.86. The molecule has 0 unspecified atom stereocenters.